The van der Waals surface area contributed by atoms with Crippen molar-refractivity contribution in [1.29, 1.82) is 0 Å². The van der Waals surface area contributed by atoms with Crippen LogP contribution < -0.4 is 0 Å². The van der Waals surface area contributed by atoms with E-state index in [2.05, 4.69) is 20.0 Å². The molecule has 2 aromatic rings. The lowest BCUT2D eigenvalue weighted by Gasteiger charge is -2.28. The molecule has 7 heteroatoms. The molecule has 0 saturated carbocycles. The summed E-state index contributed by atoms with van der Waals surface area (Å²) in [5, 5.41) is 4.24. The molecule has 0 fully saturated rings. The van der Waals surface area contributed by atoms with Crippen molar-refractivity contribution < 1.29 is 4.79 Å². The number of H-pyrrole nitrogens is 1. The maximum atomic E-state index is 13.0. The van der Waals surface area contributed by atoms with Crippen LogP contribution in [0, 0.1) is 6.92 Å². The summed E-state index contributed by atoms with van der Waals surface area (Å²) in [7, 11) is 4.01. The molecule has 2 rings (SSSR count). The molecule has 0 aliphatic heterocycles. The van der Waals surface area contributed by atoms with Crippen LogP contribution in [0.4, 0.5) is 0 Å². The fourth-order valence-corrected chi connectivity index (χ4v) is 2.47. The molecule has 2 aromatic heterocycles. The van der Waals surface area contributed by atoms with Crippen molar-refractivity contribution in [3.63, 3.8) is 0 Å². The van der Waals surface area contributed by atoms with Crippen LogP contribution in [0.25, 0.3) is 0 Å². The van der Waals surface area contributed by atoms with Gasteiger partial charge in [-0.15, -0.1) is 0 Å². The first-order valence-electron chi connectivity index (χ1n) is 7.94. The molecule has 0 spiro atoms. The molecular formula is C16H26N6O. The molecule has 7 nitrogen and oxygen atoms in total. The van der Waals surface area contributed by atoms with E-state index in [0.29, 0.717) is 19.5 Å². The summed E-state index contributed by atoms with van der Waals surface area (Å²) in [5.74, 6) is 0.0838. The van der Waals surface area contributed by atoms with Gasteiger partial charge in [-0.1, -0.05) is 6.92 Å². The van der Waals surface area contributed by atoms with Gasteiger partial charge in [0.25, 0.3) is 0 Å². The number of nitrogens with one attached hydrogen (secondary N) is 1. The Hall–Kier alpha value is -2.15. The molecule has 23 heavy (non-hydrogen) atoms. The number of carbonyl (C=O) groups is 1. The van der Waals surface area contributed by atoms with E-state index < -0.39 is 0 Å². The summed E-state index contributed by atoms with van der Waals surface area (Å²) < 4.78 is 1.74. The normalized spacial score (nSPS) is 12.6. The highest BCUT2D eigenvalue weighted by Gasteiger charge is 2.25. The van der Waals surface area contributed by atoms with Crippen molar-refractivity contribution in [2.24, 2.45) is 0 Å². The molecule has 0 aliphatic rings. The number of aryl methyl sites for hydroxylation is 1. The first kappa shape index (κ1) is 17.2. The van der Waals surface area contributed by atoms with Gasteiger partial charge in [-0.05, 0) is 33.5 Å². The molecule has 0 aromatic carbocycles. The van der Waals surface area contributed by atoms with Crippen molar-refractivity contribution in [3.8, 4) is 0 Å². The second-order valence-electron chi connectivity index (χ2n) is 5.95. The molecule has 1 atom stereocenters. The van der Waals surface area contributed by atoms with E-state index >= 15 is 0 Å². The molecular weight excluding hydrogens is 292 g/mol. The van der Waals surface area contributed by atoms with E-state index in [0.717, 1.165) is 17.9 Å². The first-order valence-corrected chi connectivity index (χ1v) is 7.94. The number of carbonyl (C=O) groups excluding carboxylic acids is 1. The number of nitrogens with zero attached hydrogens (tertiary/aromatic N) is 5. The maximum absolute atomic E-state index is 13.0. The average molecular weight is 318 g/mol. The van der Waals surface area contributed by atoms with E-state index in [9.17, 15) is 4.79 Å². The minimum absolute atomic E-state index is 0.0838. The quantitative estimate of drug-likeness (QED) is 0.800. The van der Waals surface area contributed by atoms with Gasteiger partial charge in [-0.2, -0.15) is 5.10 Å². The van der Waals surface area contributed by atoms with Gasteiger partial charge in [-0.25, -0.2) is 4.98 Å². The van der Waals surface area contributed by atoms with Crippen LogP contribution in [0.3, 0.4) is 0 Å². The fourth-order valence-electron chi connectivity index (χ4n) is 2.47. The summed E-state index contributed by atoms with van der Waals surface area (Å²) in [4.78, 5) is 24.4. The number of hydrogen-bond donors (Lipinski definition) is 1. The predicted molar refractivity (Wildman–Crippen MR) is 88.9 cm³/mol. The molecule has 1 amide bonds. The number of rotatable bonds is 8. The monoisotopic (exact) mass is 318 g/mol. The SMILES string of the molecule is CCC(C(=O)N(CCN(C)C)Cc1nc[nH]c1C)n1cccn1. The van der Waals surface area contributed by atoms with Gasteiger partial charge in [0.1, 0.15) is 6.04 Å². The second kappa shape index (κ2) is 7.92. The topological polar surface area (TPSA) is 70.1 Å². The summed E-state index contributed by atoms with van der Waals surface area (Å²) in [6.45, 7) is 5.97. The van der Waals surface area contributed by atoms with Gasteiger partial charge in [0.05, 0.1) is 18.6 Å². The van der Waals surface area contributed by atoms with Crippen molar-refractivity contribution >= 4 is 5.91 Å². The van der Waals surface area contributed by atoms with E-state index in [4.69, 9.17) is 0 Å². The number of imidazole rings is 1. The number of hydrogen-bond acceptors (Lipinski definition) is 4. The molecule has 1 N–H and O–H groups in total. The summed E-state index contributed by atoms with van der Waals surface area (Å²) in [6, 6.07) is 1.57. The third-order valence-corrected chi connectivity index (χ3v) is 3.92. The maximum Gasteiger partial charge on any atom is 0.247 e. The van der Waals surface area contributed by atoms with Gasteiger partial charge >= 0.3 is 0 Å². The van der Waals surface area contributed by atoms with E-state index in [1.165, 1.54) is 0 Å². The summed E-state index contributed by atoms with van der Waals surface area (Å²) in [5.41, 5.74) is 1.91. The number of amides is 1. The largest absolute Gasteiger partial charge is 0.348 e. The van der Waals surface area contributed by atoms with Gasteiger partial charge in [0.15, 0.2) is 0 Å². The van der Waals surface area contributed by atoms with Crippen LogP contribution >= 0.6 is 0 Å². The molecule has 0 bridgehead atoms. The second-order valence-corrected chi connectivity index (χ2v) is 5.95. The van der Waals surface area contributed by atoms with Crippen LogP contribution in [-0.2, 0) is 11.3 Å². The highest BCUT2D eigenvalue weighted by atomic mass is 16.2. The fraction of sp³-hybridized carbons (Fsp3) is 0.562. The van der Waals surface area contributed by atoms with Gasteiger partial charge < -0.3 is 14.8 Å². The van der Waals surface area contributed by atoms with Crippen molar-refractivity contribution in [1.82, 2.24) is 29.5 Å². The van der Waals surface area contributed by atoms with E-state index in [1.807, 2.05) is 45.1 Å². The smallest absolute Gasteiger partial charge is 0.247 e. The first-order chi connectivity index (χ1) is 11.0. The lowest BCUT2D eigenvalue weighted by atomic mass is 10.2. The zero-order chi connectivity index (χ0) is 16.8. The zero-order valence-electron chi connectivity index (χ0n) is 14.4. The minimum Gasteiger partial charge on any atom is -0.348 e. The third-order valence-electron chi connectivity index (χ3n) is 3.92. The van der Waals surface area contributed by atoms with Crippen LogP contribution in [0.1, 0.15) is 30.8 Å². The number of likely N-dealkylation sites (N-methyl/N-ethyl adjacent to an activating group) is 1. The average Bonchev–Trinajstić information content (AvgIpc) is 3.16. The Kier molecular flexibility index (Phi) is 5.92. The molecule has 0 radical (unpaired) electrons. The Morgan fingerprint density at radius 1 is 1.39 bits per heavy atom. The standard InChI is InChI=1S/C16H26N6O/c1-5-15(22-8-6-7-19-22)16(23)21(10-9-20(3)4)11-14-13(2)17-12-18-14/h6-8,12,15H,5,9-11H2,1-4H3,(H,17,18). The Labute approximate surface area is 137 Å². The Morgan fingerprint density at radius 3 is 2.70 bits per heavy atom. The van der Waals surface area contributed by atoms with Crippen molar-refractivity contribution in [3.05, 3.63) is 36.2 Å². The van der Waals surface area contributed by atoms with Crippen LogP contribution in [-0.4, -0.2) is 62.6 Å². The Balaban J connectivity index is 2.17. The zero-order valence-corrected chi connectivity index (χ0v) is 14.4. The van der Waals surface area contributed by atoms with Crippen LogP contribution in [0.2, 0.25) is 0 Å². The Bertz CT molecular complexity index is 604. The van der Waals surface area contributed by atoms with Crippen molar-refractivity contribution in [2.75, 3.05) is 27.2 Å². The minimum atomic E-state index is -0.272. The highest BCUT2D eigenvalue weighted by molar-refractivity contribution is 5.80. The van der Waals surface area contributed by atoms with Crippen molar-refractivity contribution in [2.45, 2.75) is 32.9 Å². The molecule has 1 unspecified atom stereocenters. The van der Waals surface area contributed by atoms with Gasteiger partial charge in [-0.3, -0.25) is 9.48 Å². The molecule has 0 aliphatic carbocycles. The van der Waals surface area contributed by atoms with Gasteiger partial charge in [0, 0.05) is 31.2 Å². The third kappa shape index (κ3) is 4.41. The Morgan fingerprint density at radius 2 is 2.17 bits per heavy atom. The highest BCUT2D eigenvalue weighted by Crippen LogP contribution is 2.16. The summed E-state index contributed by atoms with van der Waals surface area (Å²) in [6.07, 6.45) is 5.93. The van der Waals surface area contributed by atoms with E-state index in [-0.39, 0.29) is 11.9 Å². The van der Waals surface area contributed by atoms with Gasteiger partial charge in [0.2, 0.25) is 5.91 Å². The predicted octanol–water partition coefficient (Wildman–Crippen LogP) is 1.46. The van der Waals surface area contributed by atoms with Crippen LogP contribution in [0.5, 0.6) is 0 Å². The molecule has 2 heterocycles. The number of aromatic amines is 1. The van der Waals surface area contributed by atoms with Crippen LogP contribution in [0.15, 0.2) is 24.8 Å². The molecule has 0 saturated heterocycles. The molecule has 126 valence electrons. The summed E-state index contributed by atoms with van der Waals surface area (Å²) >= 11 is 0. The van der Waals surface area contributed by atoms with E-state index in [1.54, 1.807) is 17.2 Å². The lowest BCUT2D eigenvalue weighted by Crippen LogP contribution is -2.40. The lowest BCUT2D eigenvalue weighted by molar-refractivity contribution is -0.136. The number of aromatic nitrogens is 4.